The Kier molecular flexibility index (Phi) is 5.23. The summed E-state index contributed by atoms with van der Waals surface area (Å²) in [5.41, 5.74) is 1.13. The Hall–Kier alpha value is -2.55. The third kappa shape index (κ3) is 4.11. The van der Waals surface area contributed by atoms with Crippen molar-refractivity contribution in [3.8, 4) is 0 Å². The second kappa shape index (κ2) is 7.75. The number of carbonyl (C=O) groups excluding carboxylic acids is 1. The van der Waals surface area contributed by atoms with E-state index >= 15 is 0 Å². The number of alkyl halides is 3. The van der Waals surface area contributed by atoms with E-state index < -0.39 is 17.3 Å². The summed E-state index contributed by atoms with van der Waals surface area (Å²) in [6.45, 7) is 6.64. The van der Waals surface area contributed by atoms with Crippen molar-refractivity contribution in [1.82, 2.24) is 4.90 Å². The first-order valence-corrected chi connectivity index (χ1v) is 11.9. The smallest absolute Gasteiger partial charge is 0.416 e. The molecule has 9 heteroatoms. The predicted octanol–water partition coefficient (Wildman–Crippen LogP) is 6.71. The molecule has 1 atom stereocenters. The molecule has 3 aliphatic heterocycles. The largest absolute Gasteiger partial charge is 0.444 e. The first-order valence-electron chi connectivity index (χ1n) is 11.1. The summed E-state index contributed by atoms with van der Waals surface area (Å²) in [6.07, 6.45) is -3.44. The van der Waals surface area contributed by atoms with Crippen LogP contribution in [0.4, 0.5) is 35.0 Å². The van der Waals surface area contributed by atoms with Crippen molar-refractivity contribution >= 4 is 34.9 Å². The molecule has 0 radical (unpaired) electrons. The minimum atomic E-state index is -4.41. The van der Waals surface area contributed by atoms with Crippen LogP contribution in [0.3, 0.4) is 0 Å². The summed E-state index contributed by atoms with van der Waals surface area (Å²) in [5, 5.41) is 3.40. The number of nitrogens with zero attached hydrogens (tertiary/aromatic N) is 2. The summed E-state index contributed by atoms with van der Waals surface area (Å²) in [6, 6.07) is 10.3. The number of carbonyl (C=O) groups is 1. The second-order valence-electron chi connectivity index (χ2n) is 9.70. The minimum absolute atomic E-state index is 0.162. The molecule has 1 amide bonds. The zero-order valence-electron chi connectivity index (χ0n) is 18.7. The second-order valence-corrected chi connectivity index (χ2v) is 10.8. The number of fused-ring (bicyclic) bond motifs is 2. The van der Waals surface area contributed by atoms with Crippen molar-refractivity contribution in [2.45, 2.75) is 61.3 Å². The third-order valence-corrected chi connectivity index (χ3v) is 7.30. The van der Waals surface area contributed by atoms with Gasteiger partial charge in [0.2, 0.25) is 0 Å². The van der Waals surface area contributed by atoms with Gasteiger partial charge in [-0.05, 0) is 57.9 Å². The van der Waals surface area contributed by atoms with Crippen molar-refractivity contribution in [3.05, 3.63) is 42.0 Å². The minimum Gasteiger partial charge on any atom is -0.444 e. The Morgan fingerprint density at radius 2 is 1.79 bits per heavy atom. The quantitative estimate of drug-likeness (QED) is 0.495. The van der Waals surface area contributed by atoms with Crippen molar-refractivity contribution in [1.29, 1.82) is 0 Å². The molecule has 0 aliphatic carbocycles. The van der Waals surface area contributed by atoms with Gasteiger partial charge < -0.3 is 19.9 Å². The van der Waals surface area contributed by atoms with Gasteiger partial charge in [-0.1, -0.05) is 23.9 Å². The van der Waals surface area contributed by atoms with Crippen molar-refractivity contribution in [2.24, 2.45) is 5.92 Å². The molecular formula is C24H26F3N3O2S. The first-order chi connectivity index (χ1) is 15.5. The summed E-state index contributed by atoms with van der Waals surface area (Å²) in [4.78, 5) is 17.9. The maximum Gasteiger partial charge on any atom is 0.416 e. The number of ether oxygens (including phenoxy) is 1. The monoisotopic (exact) mass is 477 g/mol. The number of rotatable bonds is 1. The lowest BCUT2D eigenvalue weighted by atomic mass is 9.93. The number of anilines is 3. The molecule has 1 fully saturated rings. The van der Waals surface area contributed by atoms with E-state index in [9.17, 15) is 18.0 Å². The van der Waals surface area contributed by atoms with Crippen LogP contribution in [0.25, 0.3) is 0 Å². The fraction of sp³-hybridized carbons (Fsp3) is 0.458. The van der Waals surface area contributed by atoms with Gasteiger partial charge in [-0.3, -0.25) is 0 Å². The maximum absolute atomic E-state index is 13.6. The number of nitrogens with one attached hydrogen (secondary N) is 1. The lowest BCUT2D eigenvalue weighted by Crippen LogP contribution is -2.47. The average Bonchev–Trinajstić information content (AvgIpc) is 3.13. The van der Waals surface area contributed by atoms with E-state index in [0.29, 0.717) is 23.7 Å². The molecule has 3 heterocycles. The summed E-state index contributed by atoms with van der Waals surface area (Å²) >= 11 is 1.38. The first kappa shape index (κ1) is 22.3. The lowest BCUT2D eigenvalue weighted by molar-refractivity contribution is -0.137. The van der Waals surface area contributed by atoms with Gasteiger partial charge in [0.15, 0.2) is 0 Å². The topological polar surface area (TPSA) is 44.8 Å². The Balaban J connectivity index is 1.43. The SMILES string of the molecule is CC(C)(C)OC(=O)N1CCC(C2Nc3cc(C(F)(F)F)cc4c3N2c2ccccc2S4)CC1. The van der Waals surface area contributed by atoms with Gasteiger partial charge >= 0.3 is 12.3 Å². The van der Waals surface area contributed by atoms with Crippen LogP contribution >= 0.6 is 11.8 Å². The fourth-order valence-corrected chi connectivity index (χ4v) is 5.90. The molecule has 1 N–H and O–H groups in total. The van der Waals surface area contributed by atoms with E-state index in [2.05, 4.69) is 10.2 Å². The number of para-hydroxylation sites is 1. The number of benzene rings is 2. The molecular weight excluding hydrogens is 451 g/mol. The molecule has 0 bridgehead atoms. The van der Waals surface area contributed by atoms with Crippen molar-refractivity contribution in [2.75, 3.05) is 23.3 Å². The van der Waals surface area contributed by atoms with Crippen LogP contribution in [0.2, 0.25) is 0 Å². The number of hydrogen-bond donors (Lipinski definition) is 1. The standard InChI is InChI=1S/C24H26F3N3O2S/c1-23(2,3)32-22(31)29-10-8-14(9-11-29)21-28-16-12-15(24(25,26)27)13-19-20(16)30(21)17-6-4-5-7-18(17)33-19/h4-7,12-14,21,28H,8-11H2,1-3H3. The molecule has 0 saturated carbocycles. The molecule has 0 aromatic heterocycles. The van der Waals surface area contributed by atoms with Crippen LogP contribution < -0.4 is 10.2 Å². The van der Waals surface area contributed by atoms with Crippen LogP contribution in [-0.4, -0.2) is 35.8 Å². The van der Waals surface area contributed by atoms with E-state index in [-0.39, 0.29) is 18.2 Å². The van der Waals surface area contributed by atoms with Gasteiger partial charge in [-0.2, -0.15) is 13.2 Å². The number of halogens is 3. The molecule has 2 aromatic carbocycles. The zero-order valence-corrected chi connectivity index (χ0v) is 19.5. The molecule has 5 rings (SSSR count). The normalized spacial score (nSPS) is 20.2. The maximum atomic E-state index is 13.6. The molecule has 3 aliphatic rings. The van der Waals surface area contributed by atoms with Crippen LogP contribution in [0.5, 0.6) is 0 Å². The Morgan fingerprint density at radius 3 is 2.45 bits per heavy atom. The molecule has 1 saturated heterocycles. The van der Waals surface area contributed by atoms with E-state index in [1.807, 2.05) is 45.0 Å². The summed E-state index contributed by atoms with van der Waals surface area (Å²) in [5.74, 6) is 0.162. The Labute approximate surface area is 195 Å². The molecule has 176 valence electrons. The highest BCUT2D eigenvalue weighted by Crippen LogP contribution is 2.57. The lowest BCUT2D eigenvalue weighted by Gasteiger charge is -2.40. The molecule has 2 aromatic rings. The highest BCUT2D eigenvalue weighted by Gasteiger charge is 2.44. The van der Waals surface area contributed by atoms with Gasteiger partial charge in [0.1, 0.15) is 11.8 Å². The highest BCUT2D eigenvalue weighted by molar-refractivity contribution is 7.99. The van der Waals surface area contributed by atoms with Crippen molar-refractivity contribution in [3.63, 3.8) is 0 Å². The molecule has 0 spiro atoms. The average molecular weight is 478 g/mol. The van der Waals surface area contributed by atoms with Crippen LogP contribution in [-0.2, 0) is 10.9 Å². The van der Waals surface area contributed by atoms with Gasteiger partial charge in [0.05, 0.1) is 22.6 Å². The number of hydrogen-bond acceptors (Lipinski definition) is 5. The highest BCUT2D eigenvalue weighted by atomic mass is 32.2. The van der Waals surface area contributed by atoms with E-state index in [1.165, 1.54) is 23.9 Å². The Morgan fingerprint density at radius 1 is 1.09 bits per heavy atom. The van der Waals surface area contributed by atoms with Gasteiger partial charge in [0.25, 0.3) is 0 Å². The van der Waals surface area contributed by atoms with E-state index in [4.69, 9.17) is 4.74 Å². The Bertz CT molecular complexity index is 1090. The molecule has 5 nitrogen and oxygen atoms in total. The predicted molar refractivity (Wildman–Crippen MR) is 122 cm³/mol. The van der Waals surface area contributed by atoms with E-state index in [0.717, 1.165) is 29.1 Å². The third-order valence-electron chi connectivity index (χ3n) is 6.21. The molecule has 1 unspecified atom stereocenters. The fourth-order valence-electron chi connectivity index (χ4n) is 4.75. The van der Waals surface area contributed by atoms with Crippen LogP contribution in [0.15, 0.2) is 46.2 Å². The number of likely N-dealkylation sites (tertiary alicyclic amines) is 1. The summed E-state index contributed by atoms with van der Waals surface area (Å²) < 4.78 is 46.2. The van der Waals surface area contributed by atoms with Crippen molar-refractivity contribution < 1.29 is 22.7 Å². The van der Waals surface area contributed by atoms with Gasteiger partial charge in [0, 0.05) is 28.8 Å². The van der Waals surface area contributed by atoms with Gasteiger partial charge in [-0.15, -0.1) is 0 Å². The zero-order chi connectivity index (χ0) is 23.5. The summed E-state index contributed by atoms with van der Waals surface area (Å²) in [7, 11) is 0. The molecule has 33 heavy (non-hydrogen) atoms. The van der Waals surface area contributed by atoms with Crippen LogP contribution in [0, 0.1) is 5.92 Å². The van der Waals surface area contributed by atoms with E-state index in [1.54, 1.807) is 4.90 Å². The number of piperidine rings is 1. The van der Waals surface area contributed by atoms with Gasteiger partial charge in [-0.25, -0.2) is 4.79 Å². The number of amides is 1. The van der Waals surface area contributed by atoms with Crippen LogP contribution in [0.1, 0.15) is 39.2 Å².